The van der Waals surface area contributed by atoms with Crippen LogP contribution in [0.3, 0.4) is 0 Å². The number of benzene rings is 3. The normalized spacial score (nSPS) is 19.7. The Bertz CT molecular complexity index is 1700. The Morgan fingerprint density at radius 2 is 1.79 bits per heavy atom. The van der Waals surface area contributed by atoms with Gasteiger partial charge in [0, 0.05) is 30.4 Å². The lowest BCUT2D eigenvalue weighted by Gasteiger charge is -2.23. The van der Waals surface area contributed by atoms with Crippen LogP contribution in [0.1, 0.15) is 31.3 Å². The number of hydrogen-bond donors (Lipinski definition) is 0. The van der Waals surface area contributed by atoms with Gasteiger partial charge in [0.05, 0.1) is 25.8 Å². The summed E-state index contributed by atoms with van der Waals surface area (Å²) in [4.78, 5) is 27.4. The average Bonchev–Trinajstić information content (AvgIpc) is 3.51. The number of amides is 1. The molecule has 3 aromatic carbocycles. The lowest BCUT2D eigenvalue weighted by Crippen LogP contribution is -2.28. The van der Waals surface area contributed by atoms with Crippen molar-refractivity contribution in [3.8, 4) is 11.1 Å². The monoisotopic (exact) mass is 550 g/mol. The molecule has 0 N–H and O–H groups in total. The summed E-state index contributed by atoms with van der Waals surface area (Å²) in [7, 11) is 2.10. The molecule has 2 aliphatic heterocycles. The van der Waals surface area contributed by atoms with Gasteiger partial charge < -0.3 is 4.90 Å². The number of anilines is 1. The predicted molar refractivity (Wildman–Crippen MR) is 166 cm³/mol. The Morgan fingerprint density at radius 3 is 2.56 bits per heavy atom. The highest BCUT2D eigenvalue weighted by Crippen LogP contribution is 2.48. The van der Waals surface area contributed by atoms with Gasteiger partial charge in [0.25, 0.3) is 5.91 Å². The van der Waals surface area contributed by atoms with Crippen molar-refractivity contribution in [1.82, 2.24) is 9.88 Å². The third-order valence-electron chi connectivity index (χ3n) is 7.44. The van der Waals surface area contributed by atoms with Gasteiger partial charge in [-0.05, 0) is 84.8 Å². The minimum Gasteiger partial charge on any atom is -0.347 e. The molecule has 4 aromatic rings. The van der Waals surface area contributed by atoms with E-state index in [1.807, 2.05) is 44.2 Å². The van der Waals surface area contributed by atoms with E-state index >= 15 is 0 Å². The average molecular weight is 551 g/mol. The molecule has 39 heavy (non-hydrogen) atoms. The van der Waals surface area contributed by atoms with Gasteiger partial charge in [-0.3, -0.25) is 9.69 Å². The molecule has 3 heterocycles. The number of thioether (sulfide) groups is 1. The number of nitrogens with zero attached hydrogens (tertiary/aromatic N) is 4. The van der Waals surface area contributed by atoms with Gasteiger partial charge in [0.1, 0.15) is 0 Å². The Labute approximate surface area is 237 Å². The molecule has 1 aromatic heterocycles. The third kappa shape index (κ3) is 4.49. The molecule has 1 amide bonds. The minimum absolute atomic E-state index is 0.00449. The first-order chi connectivity index (χ1) is 18.8. The maximum atomic E-state index is 13.3. The zero-order chi connectivity index (χ0) is 27.3. The number of hydrogen-bond acceptors (Lipinski definition) is 6. The van der Waals surface area contributed by atoms with Crippen LogP contribution in [-0.2, 0) is 10.2 Å². The smallest absolute Gasteiger partial charge is 0.266 e. The van der Waals surface area contributed by atoms with Gasteiger partial charge in [0.15, 0.2) is 5.17 Å². The molecular weight excluding hydrogens is 521 g/mol. The number of fused-ring (bicyclic) bond motifs is 2. The summed E-state index contributed by atoms with van der Waals surface area (Å²) in [6.45, 7) is 9.07. The van der Waals surface area contributed by atoms with Crippen LogP contribution in [-0.4, -0.2) is 34.6 Å². The van der Waals surface area contributed by atoms with E-state index in [9.17, 15) is 4.79 Å². The van der Waals surface area contributed by atoms with Crippen LogP contribution in [0, 0.1) is 6.92 Å². The van der Waals surface area contributed by atoms with Crippen LogP contribution in [0.2, 0.25) is 0 Å². The van der Waals surface area contributed by atoms with Crippen LogP contribution in [0.25, 0.3) is 21.3 Å². The Balaban J connectivity index is 1.31. The first-order valence-corrected chi connectivity index (χ1v) is 14.7. The molecule has 2 aliphatic rings. The summed E-state index contributed by atoms with van der Waals surface area (Å²) in [6.07, 6.45) is 4.07. The van der Waals surface area contributed by atoms with Crippen LogP contribution >= 0.6 is 23.1 Å². The summed E-state index contributed by atoms with van der Waals surface area (Å²) in [5, 5.41) is 1.74. The highest BCUT2D eigenvalue weighted by molar-refractivity contribution is 8.18. The molecule has 0 spiro atoms. The topological polar surface area (TPSA) is 48.8 Å². The first kappa shape index (κ1) is 25.6. The second-order valence-electron chi connectivity index (χ2n) is 10.3. The van der Waals surface area contributed by atoms with Crippen molar-refractivity contribution in [2.24, 2.45) is 4.99 Å². The highest BCUT2D eigenvalue weighted by atomic mass is 32.2. The summed E-state index contributed by atoms with van der Waals surface area (Å²) in [6, 6.07) is 23.2. The fourth-order valence-corrected chi connectivity index (χ4v) is 7.26. The molecule has 0 saturated carbocycles. The number of amidine groups is 1. The second-order valence-corrected chi connectivity index (χ2v) is 12.5. The highest BCUT2D eigenvalue weighted by Gasteiger charge is 2.39. The summed E-state index contributed by atoms with van der Waals surface area (Å²) in [5.41, 5.74) is 7.67. The summed E-state index contributed by atoms with van der Waals surface area (Å²) in [5.74, 6) is -0.00449. The van der Waals surface area contributed by atoms with Crippen molar-refractivity contribution in [3.63, 3.8) is 0 Å². The molecule has 0 unspecified atom stereocenters. The van der Waals surface area contributed by atoms with Gasteiger partial charge in [-0.2, -0.15) is 0 Å². The number of allylic oxidation sites excluding steroid dienone is 3. The number of likely N-dealkylation sites (N-methyl/N-ethyl adjacent to an activating group) is 2. The fourth-order valence-electron chi connectivity index (χ4n) is 5.39. The van der Waals surface area contributed by atoms with Crippen LogP contribution in [0.5, 0.6) is 0 Å². The molecule has 7 heteroatoms. The van der Waals surface area contributed by atoms with E-state index in [1.165, 1.54) is 34.1 Å². The molecule has 1 saturated heterocycles. The number of carbonyl (C=O) groups excluding carboxylic acids is 1. The lowest BCUT2D eigenvalue weighted by molar-refractivity contribution is -0.122. The van der Waals surface area contributed by atoms with E-state index in [2.05, 4.69) is 79.3 Å². The number of aromatic nitrogens is 1. The molecule has 0 aliphatic carbocycles. The van der Waals surface area contributed by atoms with E-state index in [-0.39, 0.29) is 11.3 Å². The molecule has 6 rings (SSSR count). The van der Waals surface area contributed by atoms with Crippen molar-refractivity contribution in [2.75, 3.05) is 18.5 Å². The van der Waals surface area contributed by atoms with E-state index in [0.717, 1.165) is 26.6 Å². The number of aryl methyl sites for hydroxylation is 1. The summed E-state index contributed by atoms with van der Waals surface area (Å²) < 4.78 is 1.11. The van der Waals surface area contributed by atoms with E-state index in [1.54, 1.807) is 16.2 Å². The third-order valence-corrected chi connectivity index (χ3v) is 9.40. The van der Waals surface area contributed by atoms with Crippen LogP contribution < -0.4 is 4.90 Å². The van der Waals surface area contributed by atoms with Gasteiger partial charge in [0.2, 0.25) is 0 Å². The standard InChI is InChI=1S/C32H30N4OS2/c1-6-36-30(37)27(39-31(36)34-23-13-14-25-28(19-23)38-20(2)33-25)16-17-29-32(3,4)24-18-22(12-15-26(24)35(29)5)21-10-8-7-9-11-21/h7-19H,6H2,1-5H3/b27-16-,29-17-,34-31?. The van der Waals surface area contributed by atoms with E-state index in [0.29, 0.717) is 16.6 Å². The number of thiazole rings is 1. The largest absolute Gasteiger partial charge is 0.347 e. The van der Waals surface area contributed by atoms with E-state index in [4.69, 9.17) is 4.99 Å². The summed E-state index contributed by atoms with van der Waals surface area (Å²) >= 11 is 3.09. The Morgan fingerprint density at radius 1 is 1.00 bits per heavy atom. The number of rotatable bonds is 4. The predicted octanol–water partition coefficient (Wildman–Crippen LogP) is 8.05. The maximum Gasteiger partial charge on any atom is 0.266 e. The maximum absolute atomic E-state index is 13.3. The second kappa shape index (κ2) is 9.81. The van der Waals surface area contributed by atoms with E-state index < -0.39 is 0 Å². The zero-order valence-electron chi connectivity index (χ0n) is 22.7. The van der Waals surface area contributed by atoms with Crippen molar-refractivity contribution >= 4 is 55.8 Å². The molecule has 0 radical (unpaired) electrons. The van der Waals surface area contributed by atoms with Crippen molar-refractivity contribution in [3.05, 3.63) is 100 Å². The molecule has 0 bridgehead atoms. The van der Waals surface area contributed by atoms with Crippen LogP contribution in [0.15, 0.2) is 94.5 Å². The Hall–Kier alpha value is -3.68. The van der Waals surface area contributed by atoms with Gasteiger partial charge in [-0.15, -0.1) is 11.3 Å². The number of aliphatic imine (C=N–C) groups is 1. The fraction of sp³-hybridized carbons (Fsp3) is 0.219. The number of carbonyl (C=O) groups is 1. The Kier molecular flexibility index (Phi) is 6.44. The molecule has 0 atom stereocenters. The van der Waals surface area contributed by atoms with Gasteiger partial charge >= 0.3 is 0 Å². The van der Waals surface area contributed by atoms with Crippen molar-refractivity contribution < 1.29 is 4.79 Å². The quantitative estimate of drug-likeness (QED) is 0.241. The van der Waals surface area contributed by atoms with Gasteiger partial charge in [-0.1, -0.05) is 50.2 Å². The van der Waals surface area contributed by atoms with Gasteiger partial charge in [-0.25, -0.2) is 9.98 Å². The molecule has 196 valence electrons. The zero-order valence-corrected chi connectivity index (χ0v) is 24.4. The SMILES string of the molecule is CCN1C(=O)/C(=C/C=C2\N(C)c3ccc(-c4ccccc4)cc3C2(C)C)SC1=Nc1ccc2nc(C)sc2c1. The first-order valence-electron chi connectivity index (χ1n) is 13.1. The van der Waals surface area contributed by atoms with Crippen LogP contribution in [0.4, 0.5) is 11.4 Å². The lowest BCUT2D eigenvalue weighted by atomic mass is 9.82. The minimum atomic E-state index is -0.206. The molecule has 5 nitrogen and oxygen atoms in total. The van der Waals surface area contributed by atoms with Crippen molar-refractivity contribution in [2.45, 2.75) is 33.1 Å². The molecule has 1 fully saturated rings. The van der Waals surface area contributed by atoms with Crippen molar-refractivity contribution in [1.29, 1.82) is 0 Å². The molecular formula is C32H30N4OS2.